The van der Waals surface area contributed by atoms with Crippen molar-refractivity contribution in [1.82, 2.24) is 19.7 Å². The summed E-state index contributed by atoms with van der Waals surface area (Å²) in [5.74, 6) is 0. The highest BCUT2D eigenvalue weighted by Gasteiger charge is 2.09. The average Bonchev–Trinajstić information content (AvgIpc) is 3.05. The van der Waals surface area contributed by atoms with E-state index in [4.69, 9.17) is 0 Å². The van der Waals surface area contributed by atoms with Crippen LogP contribution in [0.4, 0.5) is 0 Å². The molecular formula is C20H24N4O. The Balaban J connectivity index is 1.63. The molecule has 0 atom stereocenters. The molecule has 0 aliphatic rings. The molecule has 130 valence electrons. The number of nitrogens with zero attached hydrogens (tertiary/aromatic N) is 4. The molecule has 3 aromatic rings. The fraction of sp³-hybridized carbons (Fsp3) is 0.300. The molecule has 0 saturated carbocycles. The van der Waals surface area contributed by atoms with Gasteiger partial charge in [-0.05, 0) is 24.1 Å². The van der Waals surface area contributed by atoms with E-state index in [1.54, 1.807) is 0 Å². The highest BCUT2D eigenvalue weighted by molar-refractivity contribution is 5.16. The van der Waals surface area contributed by atoms with Gasteiger partial charge in [0, 0.05) is 37.6 Å². The minimum atomic E-state index is 0.129. The van der Waals surface area contributed by atoms with Crippen molar-refractivity contribution in [1.29, 1.82) is 0 Å². The highest BCUT2D eigenvalue weighted by Crippen LogP contribution is 2.10. The smallest absolute Gasteiger partial charge is 0.0659 e. The number of hydrogen-bond donors (Lipinski definition) is 1. The van der Waals surface area contributed by atoms with Crippen LogP contribution < -0.4 is 0 Å². The molecule has 0 bridgehead atoms. The summed E-state index contributed by atoms with van der Waals surface area (Å²) in [6.45, 7) is 4.99. The van der Waals surface area contributed by atoms with Crippen molar-refractivity contribution in [3.63, 3.8) is 0 Å². The number of aliphatic hydroxyl groups is 1. The van der Waals surface area contributed by atoms with Gasteiger partial charge in [0.05, 0.1) is 25.0 Å². The van der Waals surface area contributed by atoms with Gasteiger partial charge in [0.1, 0.15) is 0 Å². The first kappa shape index (κ1) is 17.3. The summed E-state index contributed by atoms with van der Waals surface area (Å²) in [7, 11) is 0. The topological polar surface area (TPSA) is 54.2 Å². The van der Waals surface area contributed by atoms with E-state index in [1.807, 2.05) is 48.3 Å². The van der Waals surface area contributed by atoms with Crippen LogP contribution in [0, 0.1) is 6.92 Å². The molecule has 3 rings (SSSR count). The second-order valence-electron chi connectivity index (χ2n) is 6.29. The van der Waals surface area contributed by atoms with E-state index in [0.29, 0.717) is 13.1 Å². The van der Waals surface area contributed by atoms with Crippen LogP contribution in [-0.4, -0.2) is 37.9 Å². The van der Waals surface area contributed by atoms with Crippen molar-refractivity contribution in [3.8, 4) is 0 Å². The number of aryl methyl sites for hydroxylation is 1. The fourth-order valence-corrected chi connectivity index (χ4v) is 2.78. The zero-order chi connectivity index (χ0) is 17.5. The minimum Gasteiger partial charge on any atom is -0.395 e. The van der Waals surface area contributed by atoms with E-state index in [-0.39, 0.29) is 6.61 Å². The molecule has 0 radical (unpaired) electrons. The molecule has 5 heteroatoms. The van der Waals surface area contributed by atoms with Crippen LogP contribution in [0.2, 0.25) is 0 Å². The highest BCUT2D eigenvalue weighted by atomic mass is 16.3. The van der Waals surface area contributed by atoms with E-state index in [1.165, 1.54) is 5.56 Å². The Bertz CT molecular complexity index is 768. The monoisotopic (exact) mass is 336 g/mol. The quantitative estimate of drug-likeness (QED) is 0.687. The van der Waals surface area contributed by atoms with Gasteiger partial charge < -0.3 is 5.11 Å². The Morgan fingerprint density at radius 3 is 2.56 bits per heavy atom. The molecule has 2 aromatic heterocycles. The Kier molecular flexibility index (Phi) is 5.93. The molecule has 1 N–H and O–H groups in total. The van der Waals surface area contributed by atoms with Gasteiger partial charge in [-0.15, -0.1) is 0 Å². The average molecular weight is 336 g/mol. The van der Waals surface area contributed by atoms with Crippen LogP contribution >= 0.6 is 0 Å². The lowest BCUT2D eigenvalue weighted by atomic mass is 10.2. The van der Waals surface area contributed by atoms with Crippen LogP contribution in [0.3, 0.4) is 0 Å². The van der Waals surface area contributed by atoms with E-state index in [9.17, 15) is 5.11 Å². The number of aliphatic hydroxyl groups excluding tert-OH is 1. The molecule has 0 aliphatic heterocycles. The molecule has 1 aromatic carbocycles. The lowest BCUT2D eigenvalue weighted by Crippen LogP contribution is -2.26. The predicted molar refractivity (Wildman–Crippen MR) is 97.9 cm³/mol. The van der Waals surface area contributed by atoms with E-state index in [0.717, 1.165) is 29.9 Å². The molecule has 0 amide bonds. The summed E-state index contributed by atoms with van der Waals surface area (Å²) in [4.78, 5) is 6.64. The molecule has 0 aliphatic carbocycles. The number of pyridine rings is 1. The minimum absolute atomic E-state index is 0.129. The second-order valence-corrected chi connectivity index (χ2v) is 6.29. The van der Waals surface area contributed by atoms with Gasteiger partial charge in [-0.1, -0.05) is 36.4 Å². The van der Waals surface area contributed by atoms with Crippen LogP contribution in [-0.2, 0) is 19.6 Å². The van der Waals surface area contributed by atoms with Gasteiger partial charge in [0.2, 0.25) is 0 Å². The summed E-state index contributed by atoms with van der Waals surface area (Å²) in [5, 5.41) is 13.8. The maximum absolute atomic E-state index is 9.35. The summed E-state index contributed by atoms with van der Waals surface area (Å²) in [6, 6.07) is 14.4. The Hall–Kier alpha value is -2.50. The maximum Gasteiger partial charge on any atom is 0.0659 e. The van der Waals surface area contributed by atoms with Gasteiger partial charge >= 0.3 is 0 Å². The van der Waals surface area contributed by atoms with Gasteiger partial charge in [-0.3, -0.25) is 14.6 Å². The number of rotatable bonds is 8. The molecule has 25 heavy (non-hydrogen) atoms. The first-order chi connectivity index (χ1) is 12.2. The Morgan fingerprint density at radius 1 is 1.00 bits per heavy atom. The van der Waals surface area contributed by atoms with E-state index >= 15 is 0 Å². The second kappa shape index (κ2) is 8.55. The molecule has 0 spiro atoms. The van der Waals surface area contributed by atoms with Crippen molar-refractivity contribution in [2.24, 2.45) is 0 Å². The van der Waals surface area contributed by atoms with Crippen molar-refractivity contribution < 1.29 is 5.11 Å². The standard InChI is InChI=1S/C20H24N4O/c1-17-7-8-20(21-11-17)16-23(9-10-25)13-19-12-22-24(15-19)14-18-5-3-2-4-6-18/h2-8,11-12,15,25H,9-10,13-14,16H2,1H3. The predicted octanol–water partition coefficient (Wildman–Crippen LogP) is 2.63. The van der Waals surface area contributed by atoms with E-state index in [2.05, 4.69) is 39.4 Å². The van der Waals surface area contributed by atoms with Crippen molar-refractivity contribution in [2.75, 3.05) is 13.2 Å². The third-order valence-corrected chi connectivity index (χ3v) is 4.05. The SMILES string of the molecule is Cc1ccc(CN(CCO)Cc2cnn(Cc3ccccc3)c2)nc1. The van der Waals surface area contributed by atoms with E-state index < -0.39 is 0 Å². The molecule has 0 saturated heterocycles. The summed E-state index contributed by atoms with van der Waals surface area (Å²) in [6.07, 6.45) is 5.85. The van der Waals surface area contributed by atoms with Crippen molar-refractivity contribution in [2.45, 2.75) is 26.6 Å². The molecule has 0 unspecified atom stereocenters. The number of benzene rings is 1. The zero-order valence-corrected chi connectivity index (χ0v) is 14.5. The number of aromatic nitrogens is 3. The lowest BCUT2D eigenvalue weighted by Gasteiger charge is -2.20. The van der Waals surface area contributed by atoms with Crippen molar-refractivity contribution in [3.05, 3.63) is 83.4 Å². The third kappa shape index (κ3) is 5.24. The van der Waals surface area contributed by atoms with Crippen LogP contribution in [0.15, 0.2) is 61.1 Å². The Morgan fingerprint density at radius 2 is 1.84 bits per heavy atom. The number of hydrogen-bond acceptors (Lipinski definition) is 4. The largest absolute Gasteiger partial charge is 0.395 e. The lowest BCUT2D eigenvalue weighted by molar-refractivity contribution is 0.183. The summed E-state index contributed by atoms with van der Waals surface area (Å²) < 4.78 is 1.95. The first-order valence-electron chi connectivity index (χ1n) is 8.53. The normalized spacial score (nSPS) is 11.2. The van der Waals surface area contributed by atoms with Crippen molar-refractivity contribution >= 4 is 0 Å². The summed E-state index contributed by atoms with van der Waals surface area (Å²) in [5.41, 5.74) is 4.53. The zero-order valence-electron chi connectivity index (χ0n) is 14.5. The van der Waals surface area contributed by atoms with Gasteiger partial charge in [0.25, 0.3) is 0 Å². The van der Waals surface area contributed by atoms with Crippen LogP contribution in [0.1, 0.15) is 22.4 Å². The molecule has 0 fully saturated rings. The maximum atomic E-state index is 9.35. The molecule has 5 nitrogen and oxygen atoms in total. The van der Waals surface area contributed by atoms with Gasteiger partial charge in [-0.2, -0.15) is 5.10 Å². The van der Waals surface area contributed by atoms with Gasteiger partial charge in [0.15, 0.2) is 0 Å². The Labute approximate surface area is 148 Å². The molecular weight excluding hydrogens is 312 g/mol. The summed E-state index contributed by atoms with van der Waals surface area (Å²) >= 11 is 0. The van der Waals surface area contributed by atoms with Crippen LogP contribution in [0.25, 0.3) is 0 Å². The van der Waals surface area contributed by atoms with Gasteiger partial charge in [-0.25, -0.2) is 0 Å². The fourth-order valence-electron chi connectivity index (χ4n) is 2.78. The third-order valence-electron chi connectivity index (χ3n) is 4.05. The molecule has 2 heterocycles. The first-order valence-corrected chi connectivity index (χ1v) is 8.53. The van der Waals surface area contributed by atoms with Crippen LogP contribution in [0.5, 0.6) is 0 Å².